The highest BCUT2D eigenvalue weighted by molar-refractivity contribution is 9.11. The van der Waals surface area contributed by atoms with Gasteiger partial charge in [0.15, 0.2) is 0 Å². The molecular formula is C26H21Br2N3O3. The molecular weight excluding hydrogens is 562 g/mol. The molecule has 0 aliphatic heterocycles. The molecule has 0 aliphatic carbocycles. The number of carbonyl (C=O) groups excluding carboxylic acids is 2. The molecule has 0 bridgehead atoms. The predicted molar refractivity (Wildman–Crippen MR) is 141 cm³/mol. The van der Waals surface area contributed by atoms with Gasteiger partial charge < -0.3 is 10.4 Å². The van der Waals surface area contributed by atoms with Crippen LogP contribution < -0.4 is 10.7 Å². The Hall–Kier alpha value is -3.49. The topological polar surface area (TPSA) is 90.8 Å². The normalized spacial score (nSPS) is 12.0. The second kappa shape index (κ2) is 12.1. The van der Waals surface area contributed by atoms with E-state index in [1.165, 1.54) is 6.21 Å². The number of carbonyl (C=O) groups is 2. The smallest absolute Gasteiger partial charge is 0.287 e. The van der Waals surface area contributed by atoms with Crippen molar-refractivity contribution in [3.8, 4) is 5.75 Å². The number of nitrogens with zero attached hydrogens (tertiary/aromatic N) is 1. The van der Waals surface area contributed by atoms with Crippen LogP contribution in [0, 0.1) is 0 Å². The molecule has 8 heteroatoms. The van der Waals surface area contributed by atoms with Crippen LogP contribution in [0.4, 0.5) is 0 Å². The summed E-state index contributed by atoms with van der Waals surface area (Å²) in [6, 6.07) is 21.6. The van der Waals surface area contributed by atoms with Crippen molar-refractivity contribution >= 4 is 56.0 Å². The first kappa shape index (κ1) is 25.1. The van der Waals surface area contributed by atoms with Gasteiger partial charge in [-0.2, -0.15) is 5.10 Å². The zero-order valence-electron chi connectivity index (χ0n) is 18.1. The summed E-state index contributed by atoms with van der Waals surface area (Å²) >= 11 is 6.59. The van der Waals surface area contributed by atoms with Crippen molar-refractivity contribution in [1.82, 2.24) is 10.7 Å². The number of phenolic OH excluding ortho intramolecular Hbond substituents is 1. The van der Waals surface area contributed by atoms with E-state index < -0.39 is 11.8 Å². The lowest BCUT2D eigenvalue weighted by molar-refractivity contribution is -0.117. The summed E-state index contributed by atoms with van der Waals surface area (Å²) in [4.78, 5) is 25.6. The maximum Gasteiger partial charge on any atom is 0.287 e. The van der Waals surface area contributed by atoms with Crippen LogP contribution in [0.2, 0.25) is 0 Å². The minimum Gasteiger partial charge on any atom is -0.506 e. The van der Waals surface area contributed by atoms with E-state index in [-0.39, 0.29) is 11.4 Å². The lowest BCUT2D eigenvalue weighted by Gasteiger charge is -2.09. The third-order valence-corrected chi connectivity index (χ3v) is 5.58. The van der Waals surface area contributed by atoms with Crippen LogP contribution in [-0.2, 0) is 4.79 Å². The number of halogens is 2. The molecule has 172 valence electrons. The van der Waals surface area contributed by atoms with E-state index in [1.54, 1.807) is 48.5 Å². The van der Waals surface area contributed by atoms with E-state index in [1.807, 2.05) is 43.3 Å². The molecule has 2 amide bonds. The van der Waals surface area contributed by atoms with E-state index in [9.17, 15) is 14.7 Å². The van der Waals surface area contributed by atoms with E-state index in [4.69, 9.17) is 0 Å². The molecule has 0 aliphatic rings. The van der Waals surface area contributed by atoms with Crippen molar-refractivity contribution in [1.29, 1.82) is 0 Å². The third kappa shape index (κ3) is 7.26. The fraction of sp³-hybridized carbons (Fsp3) is 0.0385. The number of benzene rings is 3. The Labute approximate surface area is 214 Å². The highest BCUT2D eigenvalue weighted by Gasteiger charge is 2.14. The molecule has 3 rings (SSSR count). The first-order chi connectivity index (χ1) is 16.3. The van der Waals surface area contributed by atoms with Crippen LogP contribution in [0.1, 0.15) is 28.4 Å². The number of phenols is 1. The number of amides is 2. The zero-order chi connectivity index (χ0) is 24.5. The lowest BCUT2D eigenvalue weighted by Crippen LogP contribution is -2.33. The zero-order valence-corrected chi connectivity index (χ0v) is 21.3. The van der Waals surface area contributed by atoms with Gasteiger partial charge in [-0.15, -0.1) is 0 Å². The van der Waals surface area contributed by atoms with Gasteiger partial charge in [0.1, 0.15) is 11.4 Å². The Morgan fingerprint density at radius 3 is 2.29 bits per heavy atom. The second-order valence-electron chi connectivity index (χ2n) is 7.20. The van der Waals surface area contributed by atoms with Gasteiger partial charge in [-0.25, -0.2) is 5.43 Å². The average Bonchev–Trinajstić information content (AvgIpc) is 2.82. The molecule has 34 heavy (non-hydrogen) atoms. The van der Waals surface area contributed by atoms with Crippen molar-refractivity contribution in [2.75, 3.05) is 0 Å². The maximum absolute atomic E-state index is 12.9. The Morgan fingerprint density at radius 1 is 0.971 bits per heavy atom. The Bertz CT molecular complexity index is 1270. The summed E-state index contributed by atoms with van der Waals surface area (Å²) in [5.74, 6) is -1.06. The minimum absolute atomic E-state index is 0.0176. The monoisotopic (exact) mass is 581 g/mol. The molecule has 0 fully saturated rings. The molecule has 3 N–H and O–H groups in total. The van der Waals surface area contributed by atoms with Gasteiger partial charge in [0, 0.05) is 15.6 Å². The molecule has 0 radical (unpaired) electrons. The molecule has 6 nitrogen and oxygen atoms in total. The van der Waals surface area contributed by atoms with Crippen molar-refractivity contribution in [2.24, 2.45) is 5.10 Å². The standard InChI is InChI=1S/C26H21Br2N3O3/c1-17(12-18-8-4-2-5-9-18)13-23(30-25(33)19-10-6-3-7-11-19)26(34)31-29-16-20-14-21(27)15-22(28)24(20)32/h2-16,32H,1H3,(H,30,33)(H,31,34)/b17-12+,23-13+,29-16?. The van der Waals surface area contributed by atoms with Gasteiger partial charge in [-0.3, -0.25) is 9.59 Å². The summed E-state index contributed by atoms with van der Waals surface area (Å²) < 4.78 is 1.20. The number of nitrogens with one attached hydrogen (secondary N) is 2. The van der Waals surface area contributed by atoms with Gasteiger partial charge >= 0.3 is 0 Å². The highest BCUT2D eigenvalue weighted by atomic mass is 79.9. The SMILES string of the molecule is CC(=C\c1ccccc1)/C=C(/NC(=O)c1ccccc1)C(=O)NN=Cc1cc(Br)cc(Br)c1O. The minimum atomic E-state index is -0.616. The van der Waals surface area contributed by atoms with Crippen LogP contribution in [0.5, 0.6) is 5.75 Å². The van der Waals surface area contributed by atoms with Crippen LogP contribution in [0.15, 0.2) is 104 Å². The van der Waals surface area contributed by atoms with E-state index in [2.05, 4.69) is 47.7 Å². The van der Waals surface area contributed by atoms with E-state index in [0.29, 0.717) is 15.6 Å². The molecule has 0 heterocycles. The number of allylic oxidation sites excluding steroid dienone is 2. The van der Waals surface area contributed by atoms with Crippen molar-refractivity contribution in [3.63, 3.8) is 0 Å². The molecule has 3 aromatic rings. The average molecular weight is 583 g/mol. The van der Waals surface area contributed by atoms with Crippen molar-refractivity contribution in [3.05, 3.63) is 116 Å². The maximum atomic E-state index is 12.9. The van der Waals surface area contributed by atoms with Crippen LogP contribution in [0.25, 0.3) is 6.08 Å². The fourth-order valence-electron chi connectivity index (χ4n) is 2.93. The fourth-order valence-corrected chi connectivity index (χ4v) is 4.19. The molecule has 0 spiro atoms. The summed E-state index contributed by atoms with van der Waals surface area (Å²) in [6.45, 7) is 1.83. The lowest BCUT2D eigenvalue weighted by atomic mass is 10.1. The molecule has 0 saturated heterocycles. The number of hydrogen-bond acceptors (Lipinski definition) is 4. The number of rotatable bonds is 7. The highest BCUT2D eigenvalue weighted by Crippen LogP contribution is 2.30. The van der Waals surface area contributed by atoms with Crippen molar-refractivity contribution in [2.45, 2.75) is 6.92 Å². The largest absolute Gasteiger partial charge is 0.506 e. The number of hydrazone groups is 1. The van der Waals surface area contributed by atoms with E-state index in [0.717, 1.165) is 15.6 Å². The Balaban J connectivity index is 1.84. The predicted octanol–water partition coefficient (Wildman–Crippen LogP) is 5.78. The summed E-state index contributed by atoms with van der Waals surface area (Å²) in [6.07, 6.45) is 4.78. The van der Waals surface area contributed by atoms with Gasteiger partial charge in [0.2, 0.25) is 0 Å². The van der Waals surface area contributed by atoms with Crippen LogP contribution in [-0.4, -0.2) is 23.1 Å². The third-order valence-electron chi connectivity index (χ3n) is 4.52. The summed E-state index contributed by atoms with van der Waals surface area (Å²) in [5, 5.41) is 16.8. The molecule has 0 aromatic heterocycles. The summed E-state index contributed by atoms with van der Waals surface area (Å²) in [5.41, 5.74) is 4.94. The van der Waals surface area contributed by atoms with Crippen LogP contribution in [0.3, 0.4) is 0 Å². The van der Waals surface area contributed by atoms with Gasteiger partial charge in [-0.05, 0) is 64.3 Å². The summed E-state index contributed by atoms with van der Waals surface area (Å²) in [7, 11) is 0. The first-order valence-corrected chi connectivity index (χ1v) is 11.7. The van der Waals surface area contributed by atoms with Crippen molar-refractivity contribution < 1.29 is 14.7 Å². The van der Waals surface area contributed by atoms with Gasteiger partial charge in [0.05, 0.1) is 10.7 Å². The molecule has 0 atom stereocenters. The number of aromatic hydroxyl groups is 1. The van der Waals surface area contributed by atoms with E-state index >= 15 is 0 Å². The van der Waals surface area contributed by atoms with Crippen LogP contribution >= 0.6 is 31.9 Å². The quantitative estimate of drug-likeness (QED) is 0.143. The molecule has 0 unspecified atom stereocenters. The first-order valence-electron chi connectivity index (χ1n) is 10.2. The molecule has 0 saturated carbocycles. The van der Waals surface area contributed by atoms with Gasteiger partial charge in [0.25, 0.3) is 11.8 Å². The Kier molecular flexibility index (Phi) is 8.95. The Morgan fingerprint density at radius 2 is 1.62 bits per heavy atom. The molecule has 3 aromatic carbocycles. The second-order valence-corrected chi connectivity index (χ2v) is 8.97. The number of hydrogen-bond donors (Lipinski definition) is 3. The van der Waals surface area contributed by atoms with Gasteiger partial charge in [-0.1, -0.05) is 70.5 Å².